The SMILES string of the molecule is C=C1C(=O)O[C@@H]2/C=C(\C)CC/C=C(\C(=O)OC)CC/C=C(\C)CC[C@@H]12. The second-order valence-corrected chi connectivity index (χ2v) is 6.90. The van der Waals surface area contributed by atoms with E-state index in [9.17, 15) is 9.59 Å². The summed E-state index contributed by atoms with van der Waals surface area (Å²) < 4.78 is 10.4. The number of rotatable bonds is 1. The molecule has 1 aliphatic carbocycles. The van der Waals surface area contributed by atoms with Crippen LogP contribution in [0.15, 0.2) is 47.1 Å². The minimum Gasteiger partial charge on any atom is -0.466 e. The number of ether oxygens (including phenoxy) is 2. The summed E-state index contributed by atoms with van der Waals surface area (Å²) in [6.07, 6.45) is 10.8. The Labute approximate surface area is 150 Å². The fourth-order valence-corrected chi connectivity index (χ4v) is 3.34. The minimum absolute atomic E-state index is 0.0508. The van der Waals surface area contributed by atoms with E-state index in [1.165, 1.54) is 12.7 Å². The van der Waals surface area contributed by atoms with Crippen LogP contribution < -0.4 is 0 Å². The second-order valence-electron chi connectivity index (χ2n) is 6.90. The average Bonchev–Trinajstić information content (AvgIpc) is 2.84. The molecule has 0 radical (unpaired) electrons. The summed E-state index contributed by atoms with van der Waals surface area (Å²) >= 11 is 0. The molecule has 0 saturated carbocycles. The molecule has 0 aromatic carbocycles. The van der Waals surface area contributed by atoms with Crippen molar-refractivity contribution in [2.75, 3.05) is 7.11 Å². The fourth-order valence-electron chi connectivity index (χ4n) is 3.34. The van der Waals surface area contributed by atoms with Gasteiger partial charge in [0.1, 0.15) is 6.10 Å². The Morgan fingerprint density at radius 2 is 1.88 bits per heavy atom. The second kappa shape index (κ2) is 8.84. The van der Waals surface area contributed by atoms with Crippen molar-refractivity contribution in [2.24, 2.45) is 5.92 Å². The Bertz CT molecular complexity index is 636. The standard InChI is InChI=1S/C21H28O4/c1-14-7-5-9-17(21(23)24-4)10-6-8-15(2)13-19-18(12-11-14)16(3)20(22)25-19/h7,10,13,18-19H,3,5-6,8-9,11-12H2,1-2,4H3/b14-7+,15-13+,17-10-/t18-,19+/m0/s1. The largest absolute Gasteiger partial charge is 0.466 e. The fraction of sp³-hybridized carbons (Fsp3) is 0.524. The zero-order valence-corrected chi connectivity index (χ0v) is 15.5. The van der Waals surface area contributed by atoms with Crippen LogP contribution in [0.1, 0.15) is 52.4 Å². The quantitative estimate of drug-likeness (QED) is 0.401. The molecule has 2 aliphatic rings. The van der Waals surface area contributed by atoms with Crippen LogP contribution in [0.4, 0.5) is 0 Å². The van der Waals surface area contributed by atoms with E-state index in [4.69, 9.17) is 9.47 Å². The van der Waals surface area contributed by atoms with Crippen LogP contribution in [0.25, 0.3) is 0 Å². The first-order chi connectivity index (χ1) is 11.9. The molecule has 25 heavy (non-hydrogen) atoms. The summed E-state index contributed by atoms with van der Waals surface area (Å²) in [7, 11) is 1.42. The third-order valence-corrected chi connectivity index (χ3v) is 4.93. The number of methoxy groups -OCH3 is 1. The third-order valence-electron chi connectivity index (χ3n) is 4.93. The first kappa shape index (κ1) is 19.2. The zero-order chi connectivity index (χ0) is 18.4. The van der Waals surface area contributed by atoms with Gasteiger partial charge in [-0.25, -0.2) is 9.59 Å². The molecule has 4 nitrogen and oxygen atoms in total. The van der Waals surface area contributed by atoms with Gasteiger partial charge in [0.15, 0.2) is 0 Å². The highest BCUT2D eigenvalue weighted by Gasteiger charge is 2.36. The summed E-state index contributed by atoms with van der Waals surface area (Å²) in [5.74, 6) is -0.478. The molecule has 1 aliphatic heterocycles. The molecule has 0 aromatic rings. The van der Waals surface area contributed by atoms with E-state index in [1.807, 2.05) is 19.1 Å². The number of hydrogen-bond donors (Lipinski definition) is 0. The van der Waals surface area contributed by atoms with Gasteiger partial charge < -0.3 is 9.47 Å². The Hall–Kier alpha value is -2.10. The molecule has 0 unspecified atom stereocenters. The number of esters is 2. The van der Waals surface area contributed by atoms with Gasteiger partial charge in [-0.15, -0.1) is 0 Å². The number of carbonyl (C=O) groups excluding carboxylic acids is 2. The van der Waals surface area contributed by atoms with Gasteiger partial charge in [0, 0.05) is 17.1 Å². The topological polar surface area (TPSA) is 52.6 Å². The number of fused-ring (bicyclic) bond motifs is 1. The summed E-state index contributed by atoms with van der Waals surface area (Å²) in [5.41, 5.74) is 3.73. The smallest absolute Gasteiger partial charge is 0.334 e. The lowest BCUT2D eigenvalue weighted by molar-refractivity contribution is -0.138. The van der Waals surface area contributed by atoms with Gasteiger partial charge in [-0.05, 0) is 58.4 Å². The van der Waals surface area contributed by atoms with E-state index in [2.05, 4.69) is 19.6 Å². The lowest BCUT2D eigenvalue weighted by Crippen LogP contribution is -2.15. The monoisotopic (exact) mass is 344 g/mol. The maximum absolute atomic E-state index is 11.9. The average molecular weight is 344 g/mol. The van der Waals surface area contributed by atoms with Crippen molar-refractivity contribution in [1.29, 1.82) is 0 Å². The predicted octanol–water partition coefficient (Wildman–Crippen LogP) is 4.43. The van der Waals surface area contributed by atoms with Gasteiger partial charge in [-0.2, -0.15) is 0 Å². The van der Waals surface area contributed by atoms with Crippen LogP contribution in [0.3, 0.4) is 0 Å². The molecule has 2 atom stereocenters. The Morgan fingerprint density at radius 3 is 2.60 bits per heavy atom. The minimum atomic E-state index is -0.280. The maximum Gasteiger partial charge on any atom is 0.334 e. The molecule has 4 heteroatoms. The highest BCUT2D eigenvalue weighted by atomic mass is 16.6. The van der Waals surface area contributed by atoms with E-state index < -0.39 is 0 Å². The summed E-state index contributed by atoms with van der Waals surface area (Å²) in [6.45, 7) is 8.05. The third kappa shape index (κ3) is 5.18. The number of carbonyl (C=O) groups is 2. The molecule has 0 amide bonds. The van der Waals surface area contributed by atoms with Crippen LogP contribution in [0, 0.1) is 5.92 Å². The van der Waals surface area contributed by atoms with Crippen LogP contribution in [-0.2, 0) is 19.1 Å². The van der Waals surface area contributed by atoms with Gasteiger partial charge in [-0.1, -0.05) is 29.9 Å². The predicted molar refractivity (Wildman–Crippen MR) is 97.8 cm³/mol. The molecular formula is C21H28O4. The molecule has 0 N–H and O–H groups in total. The first-order valence-corrected chi connectivity index (χ1v) is 8.92. The van der Waals surface area contributed by atoms with Gasteiger partial charge in [0.2, 0.25) is 0 Å². The van der Waals surface area contributed by atoms with E-state index in [-0.39, 0.29) is 24.0 Å². The van der Waals surface area contributed by atoms with Crippen LogP contribution in [-0.4, -0.2) is 25.2 Å². The molecular weight excluding hydrogens is 316 g/mol. The van der Waals surface area contributed by atoms with Gasteiger partial charge >= 0.3 is 11.9 Å². The van der Waals surface area contributed by atoms with Gasteiger partial charge in [0.05, 0.1) is 7.11 Å². The molecule has 1 fully saturated rings. The van der Waals surface area contributed by atoms with E-state index >= 15 is 0 Å². The molecule has 136 valence electrons. The van der Waals surface area contributed by atoms with Crippen molar-refractivity contribution in [2.45, 2.75) is 58.5 Å². The van der Waals surface area contributed by atoms with Crippen molar-refractivity contribution in [3.63, 3.8) is 0 Å². The van der Waals surface area contributed by atoms with E-state index in [0.29, 0.717) is 12.0 Å². The Kier molecular flexibility index (Phi) is 6.80. The molecule has 0 aromatic heterocycles. The molecule has 0 spiro atoms. The van der Waals surface area contributed by atoms with Crippen molar-refractivity contribution >= 4 is 11.9 Å². The van der Waals surface area contributed by atoms with Gasteiger partial charge in [-0.3, -0.25) is 0 Å². The first-order valence-electron chi connectivity index (χ1n) is 8.92. The van der Waals surface area contributed by atoms with Crippen molar-refractivity contribution in [3.8, 4) is 0 Å². The van der Waals surface area contributed by atoms with E-state index in [0.717, 1.165) is 43.3 Å². The summed E-state index contributed by atoms with van der Waals surface area (Å²) in [5, 5.41) is 0. The number of allylic oxidation sites excluding steroid dienone is 4. The van der Waals surface area contributed by atoms with Crippen LogP contribution >= 0.6 is 0 Å². The molecule has 0 bridgehead atoms. The van der Waals surface area contributed by atoms with Crippen LogP contribution in [0.2, 0.25) is 0 Å². The summed E-state index contributed by atoms with van der Waals surface area (Å²) in [4.78, 5) is 23.8. The molecule has 1 heterocycles. The normalized spacial score (nSPS) is 32.0. The van der Waals surface area contributed by atoms with Crippen molar-refractivity contribution in [3.05, 3.63) is 47.1 Å². The van der Waals surface area contributed by atoms with Crippen molar-refractivity contribution in [1.82, 2.24) is 0 Å². The zero-order valence-electron chi connectivity index (χ0n) is 15.5. The van der Waals surface area contributed by atoms with E-state index in [1.54, 1.807) is 0 Å². The molecule has 1 saturated heterocycles. The highest BCUT2D eigenvalue weighted by Crippen LogP contribution is 2.33. The summed E-state index contributed by atoms with van der Waals surface area (Å²) in [6, 6.07) is 0. The van der Waals surface area contributed by atoms with Crippen LogP contribution in [0.5, 0.6) is 0 Å². The highest BCUT2D eigenvalue weighted by molar-refractivity contribution is 5.91. The maximum atomic E-state index is 11.9. The Morgan fingerprint density at radius 1 is 1.16 bits per heavy atom. The lowest BCUT2D eigenvalue weighted by Gasteiger charge is -2.16. The molecule has 2 rings (SSSR count). The van der Waals surface area contributed by atoms with Gasteiger partial charge in [0.25, 0.3) is 0 Å². The number of hydrogen-bond acceptors (Lipinski definition) is 4. The lowest BCUT2D eigenvalue weighted by atomic mass is 9.89. The van der Waals surface area contributed by atoms with Crippen molar-refractivity contribution < 1.29 is 19.1 Å². The Balaban J connectivity index is 2.23.